The van der Waals surface area contributed by atoms with E-state index in [1.54, 1.807) is 0 Å². The van der Waals surface area contributed by atoms with E-state index in [2.05, 4.69) is 160 Å². The highest BCUT2D eigenvalue weighted by Gasteiger charge is 2.33. The maximum absolute atomic E-state index is 2.44. The van der Waals surface area contributed by atoms with Crippen LogP contribution in [0.5, 0.6) is 0 Å². The molecule has 0 saturated heterocycles. The summed E-state index contributed by atoms with van der Waals surface area (Å²) in [5.74, 6) is 0.691. The third-order valence-corrected chi connectivity index (χ3v) is 9.42. The quantitative estimate of drug-likeness (QED) is 0.184. The average molecular weight is 555 g/mol. The standard InChI is InChI=1S/C43H38/c1-4-12-34-23-24-35(27-41(34)37-16-9-8-13-29(37)2)36-25-26-40-42(28-36)38-17-10-11-18-39(38)43(40)30(3)31-19-21-33(22-20-31)32-14-6-5-7-15-32/h5-11,13-28,30,43H,4,12H2,1-3H3. The van der Waals surface area contributed by atoms with Crippen molar-refractivity contribution in [1.82, 2.24) is 0 Å². The maximum atomic E-state index is 2.44. The average Bonchev–Trinajstić information content (AvgIpc) is 3.39. The van der Waals surface area contributed by atoms with Crippen LogP contribution in [0.3, 0.4) is 0 Å². The van der Waals surface area contributed by atoms with Gasteiger partial charge in [-0.25, -0.2) is 0 Å². The van der Waals surface area contributed by atoms with E-state index < -0.39 is 0 Å². The highest BCUT2D eigenvalue weighted by Crippen LogP contribution is 2.52. The van der Waals surface area contributed by atoms with E-state index in [4.69, 9.17) is 0 Å². The Morgan fingerprint density at radius 1 is 0.512 bits per heavy atom. The molecule has 0 nitrogen and oxygen atoms in total. The first-order chi connectivity index (χ1) is 21.1. The molecule has 2 unspecified atom stereocenters. The monoisotopic (exact) mass is 554 g/mol. The summed E-state index contributed by atoms with van der Waals surface area (Å²) in [6.07, 6.45) is 2.23. The Kier molecular flexibility index (Phi) is 7.29. The first-order valence-electron chi connectivity index (χ1n) is 15.7. The van der Waals surface area contributed by atoms with Gasteiger partial charge in [-0.05, 0) is 104 Å². The Morgan fingerprint density at radius 3 is 1.84 bits per heavy atom. The van der Waals surface area contributed by atoms with Crippen molar-refractivity contribution in [3.8, 4) is 44.5 Å². The molecule has 0 spiro atoms. The second-order valence-electron chi connectivity index (χ2n) is 12.1. The van der Waals surface area contributed by atoms with Crippen LogP contribution in [0.1, 0.15) is 59.9 Å². The zero-order chi connectivity index (χ0) is 29.3. The number of fused-ring (bicyclic) bond motifs is 3. The van der Waals surface area contributed by atoms with E-state index in [1.807, 2.05) is 0 Å². The van der Waals surface area contributed by atoms with Crippen LogP contribution < -0.4 is 0 Å². The van der Waals surface area contributed by atoms with Gasteiger partial charge >= 0.3 is 0 Å². The molecule has 0 heterocycles. The number of benzene rings is 6. The van der Waals surface area contributed by atoms with Crippen LogP contribution >= 0.6 is 0 Å². The fourth-order valence-corrected chi connectivity index (χ4v) is 7.13. The summed E-state index contributed by atoms with van der Waals surface area (Å²) >= 11 is 0. The molecule has 1 aliphatic carbocycles. The van der Waals surface area contributed by atoms with Crippen LogP contribution in [-0.4, -0.2) is 0 Å². The van der Waals surface area contributed by atoms with Gasteiger partial charge in [-0.2, -0.15) is 0 Å². The molecule has 0 fully saturated rings. The molecule has 7 rings (SSSR count). The van der Waals surface area contributed by atoms with Crippen LogP contribution in [0.2, 0.25) is 0 Å². The molecular formula is C43H38. The fraction of sp³-hybridized carbons (Fsp3) is 0.163. The SMILES string of the molecule is CCCc1ccc(-c2ccc3c(c2)-c2ccccc2C3C(C)c2ccc(-c3ccccc3)cc2)cc1-c1ccccc1C. The smallest absolute Gasteiger partial charge is 0.0168 e. The van der Waals surface area contributed by atoms with Crippen LogP contribution in [0, 0.1) is 6.92 Å². The molecule has 1 aliphatic rings. The lowest BCUT2D eigenvalue weighted by molar-refractivity contribution is 0.670. The van der Waals surface area contributed by atoms with Crippen molar-refractivity contribution in [2.75, 3.05) is 0 Å². The Balaban J connectivity index is 1.27. The Labute approximate surface area is 256 Å². The summed E-state index contributed by atoms with van der Waals surface area (Å²) in [4.78, 5) is 0. The van der Waals surface area contributed by atoms with Gasteiger partial charge in [0.2, 0.25) is 0 Å². The van der Waals surface area contributed by atoms with E-state index >= 15 is 0 Å². The minimum atomic E-state index is 0.331. The van der Waals surface area contributed by atoms with Crippen molar-refractivity contribution < 1.29 is 0 Å². The molecule has 0 aliphatic heterocycles. The van der Waals surface area contributed by atoms with Gasteiger partial charge in [0, 0.05) is 5.92 Å². The fourth-order valence-electron chi connectivity index (χ4n) is 7.13. The normalized spacial score (nSPS) is 14.3. The minimum absolute atomic E-state index is 0.331. The second kappa shape index (κ2) is 11.5. The van der Waals surface area contributed by atoms with Gasteiger partial charge in [0.25, 0.3) is 0 Å². The number of aryl methyl sites for hydroxylation is 2. The van der Waals surface area contributed by atoms with E-state index in [1.165, 1.54) is 72.3 Å². The number of rotatable bonds is 7. The van der Waals surface area contributed by atoms with Gasteiger partial charge in [0.15, 0.2) is 0 Å². The van der Waals surface area contributed by atoms with E-state index in [9.17, 15) is 0 Å². The Hall–Kier alpha value is -4.68. The van der Waals surface area contributed by atoms with Crippen molar-refractivity contribution in [2.45, 2.75) is 45.4 Å². The molecule has 2 atom stereocenters. The lowest BCUT2D eigenvalue weighted by atomic mass is 9.80. The van der Waals surface area contributed by atoms with Crippen molar-refractivity contribution in [2.24, 2.45) is 0 Å². The summed E-state index contributed by atoms with van der Waals surface area (Å²) in [6.45, 7) is 6.88. The zero-order valence-electron chi connectivity index (χ0n) is 25.3. The molecule has 0 radical (unpaired) electrons. The molecule has 0 bridgehead atoms. The minimum Gasteiger partial charge on any atom is -0.0651 e. The third kappa shape index (κ3) is 5.02. The van der Waals surface area contributed by atoms with Crippen LogP contribution in [0.25, 0.3) is 44.5 Å². The summed E-state index contributed by atoms with van der Waals surface area (Å²) in [7, 11) is 0. The molecule has 0 amide bonds. The summed E-state index contributed by atoms with van der Waals surface area (Å²) < 4.78 is 0. The van der Waals surface area contributed by atoms with Crippen LogP contribution in [0.15, 0.2) is 140 Å². The Bertz CT molecular complexity index is 1890. The first-order valence-corrected chi connectivity index (χ1v) is 15.7. The lowest BCUT2D eigenvalue weighted by Gasteiger charge is -2.23. The van der Waals surface area contributed by atoms with Gasteiger partial charge in [0.1, 0.15) is 0 Å². The molecule has 43 heavy (non-hydrogen) atoms. The summed E-state index contributed by atoms with van der Waals surface area (Å²) in [5, 5.41) is 0. The maximum Gasteiger partial charge on any atom is 0.0168 e. The van der Waals surface area contributed by atoms with Crippen molar-refractivity contribution in [3.05, 3.63) is 167 Å². The second-order valence-corrected chi connectivity index (χ2v) is 12.1. The molecule has 0 N–H and O–H groups in total. The summed E-state index contributed by atoms with van der Waals surface area (Å²) in [6, 6.07) is 52.0. The third-order valence-electron chi connectivity index (χ3n) is 9.42. The molecular weight excluding hydrogens is 516 g/mol. The number of hydrogen-bond donors (Lipinski definition) is 0. The van der Waals surface area contributed by atoms with Crippen LogP contribution in [0.4, 0.5) is 0 Å². The molecule has 6 aromatic rings. The van der Waals surface area contributed by atoms with E-state index in [0.717, 1.165) is 12.8 Å². The first kappa shape index (κ1) is 27.2. The van der Waals surface area contributed by atoms with E-state index in [-0.39, 0.29) is 0 Å². The van der Waals surface area contributed by atoms with Gasteiger partial charge in [-0.15, -0.1) is 0 Å². The van der Waals surface area contributed by atoms with Gasteiger partial charge in [-0.3, -0.25) is 0 Å². The van der Waals surface area contributed by atoms with E-state index in [0.29, 0.717) is 11.8 Å². The molecule has 0 saturated carbocycles. The Morgan fingerprint density at radius 2 is 1.09 bits per heavy atom. The highest BCUT2D eigenvalue weighted by molar-refractivity contribution is 5.85. The molecule has 0 aromatic heterocycles. The topological polar surface area (TPSA) is 0 Å². The zero-order valence-corrected chi connectivity index (χ0v) is 25.3. The molecule has 0 heteroatoms. The van der Waals surface area contributed by atoms with Crippen LogP contribution in [-0.2, 0) is 6.42 Å². The van der Waals surface area contributed by atoms with Crippen molar-refractivity contribution in [1.29, 1.82) is 0 Å². The highest BCUT2D eigenvalue weighted by atomic mass is 14.4. The predicted octanol–water partition coefficient (Wildman–Crippen LogP) is 11.9. The van der Waals surface area contributed by atoms with Gasteiger partial charge < -0.3 is 0 Å². The molecule has 210 valence electrons. The molecule has 6 aromatic carbocycles. The van der Waals surface area contributed by atoms with Gasteiger partial charge in [-0.1, -0.05) is 148 Å². The summed E-state index contributed by atoms with van der Waals surface area (Å²) in [5.41, 5.74) is 17.6. The van der Waals surface area contributed by atoms with Crippen molar-refractivity contribution in [3.63, 3.8) is 0 Å². The van der Waals surface area contributed by atoms with Gasteiger partial charge in [0.05, 0.1) is 0 Å². The number of hydrogen-bond acceptors (Lipinski definition) is 0. The largest absolute Gasteiger partial charge is 0.0651 e. The predicted molar refractivity (Wildman–Crippen MR) is 184 cm³/mol. The lowest BCUT2D eigenvalue weighted by Crippen LogP contribution is -2.07. The van der Waals surface area contributed by atoms with Crippen molar-refractivity contribution >= 4 is 0 Å².